The van der Waals surface area contributed by atoms with Crippen molar-refractivity contribution in [3.63, 3.8) is 0 Å². The SMILES string of the molecule is CC.CCC1CCCN1Cc1cnccn1. The van der Waals surface area contributed by atoms with Crippen LogP contribution in [0.4, 0.5) is 0 Å². The normalized spacial score (nSPS) is 20.3. The van der Waals surface area contributed by atoms with E-state index in [0.29, 0.717) is 0 Å². The largest absolute Gasteiger partial charge is 0.295 e. The molecule has 0 N–H and O–H groups in total. The third kappa shape index (κ3) is 3.56. The molecule has 0 radical (unpaired) electrons. The summed E-state index contributed by atoms with van der Waals surface area (Å²) in [7, 11) is 0. The molecule has 0 aromatic carbocycles. The van der Waals surface area contributed by atoms with Gasteiger partial charge in [0, 0.05) is 31.2 Å². The molecule has 1 aromatic heterocycles. The number of rotatable bonds is 3. The highest BCUT2D eigenvalue weighted by atomic mass is 15.2. The van der Waals surface area contributed by atoms with Gasteiger partial charge in [0.25, 0.3) is 0 Å². The van der Waals surface area contributed by atoms with E-state index in [9.17, 15) is 0 Å². The van der Waals surface area contributed by atoms with E-state index in [0.717, 1.165) is 18.3 Å². The van der Waals surface area contributed by atoms with Crippen LogP contribution in [0.5, 0.6) is 0 Å². The van der Waals surface area contributed by atoms with Gasteiger partial charge in [0.1, 0.15) is 0 Å². The first kappa shape index (κ1) is 13.1. The summed E-state index contributed by atoms with van der Waals surface area (Å²) in [5.41, 5.74) is 1.09. The van der Waals surface area contributed by atoms with Gasteiger partial charge in [0.05, 0.1) is 5.69 Å². The molecule has 3 heteroatoms. The van der Waals surface area contributed by atoms with Crippen molar-refractivity contribution in [1.82, 2.24) is 14.9 Å². The smallest absolute Gasteiger partial charge is 0.0726 e. The van der Waals surface area contributed by atoms with E-state index in [4.69, 9.17) is 0 Å². The fourth-order valence-electron chi connectivity index (χ4n) is 2.19. The zero-order valence-electron chi connectivity index (χ0n) is 10.7. The van der Waals surface area contributed by atoms with Gasteiger partial charge in [-0.25, -0.2) is 0 Å². The van der Waals surface area contributed by atoms with E-state index in [1.807, 2.05) is 20.0 Å². The fourth-order valence-corrected chi connectivity index (χ4v) is 2.19. The van der Waals surface area contributed by atoms with Crippen molar-refractivity contribution in [2.24, 2.45) is 0 Å². The van der Waals surface area contributed by atoms with Crippen LogP contribution in [-0.4, -0.2) is 27.5 Å². The molecule has 0 bridgehead atoms. The molecule has 1 aliphatic rings. The number of hydrogen-bond acceptors (Lipinski definition) is 3. The van der Waals surface area contributed by atoms with Crippen LogP contribution < -0.4 is 0 Å². The highest BCUT2D eigenvalue weighted by Gasteiger charge is 2.22. The molecule has 1 saturated heterocycles. The Morgan fingerprint density at radius 2 is 2.19 bits per heavy atom. The molecule has 1 unspecified atom stereocenters. The van der Waals surface area contributed by atoms with Crippen LogP contribution in [0.2, 0.25) is 0 Å². The predicted molar refractivity (Wildman–Crippen MR) is 67.1 cm³/mol. The summed E-state index contributed by atoms with van der Waals surface area (Å²) in [4.78, 5) is 10.9. The molecular weight excluding hydrogens is 198 g/mol. The van der Waals surface area contributed by atoms with E-state index < -0.39 is 0 Å². The molecule has 0 aliphatic carbocycles. The topological polar surface area (TPSA) is 29.0 Å². The summed E-state index contributed by atoms with van der Waals surface area (Å²) < 4.78 is 0. The maximum atomic E-state index is 4.31. The van der Waals surface area contributed by atoms with Crippen LogP contribution >= 0.6 is 0 Å². The Balaban J connectivity index is 0.000000606. The molecule has 16 heavy (non-hydrogen) atoms. The van der Waals surface area contributed by atoms with Gasteiger partial charge in [-0.05, 0) is 25.8 Å². The minimum Gasteiger partial charge on any atom is -0.295 e. The molecule has 0 saturated carbocycles. The second-order valence-corrected chi connectivity index (χ2v) is 3.87. The summed E-state index contributed by atoms with van der Waals surface area (Å²) in [5.74, 6) is 0. The van der Waals surface area contributed by atoms with E-state index in [1.165, 1.54) is 25.8 Å². The summed E-state index contributed by atoms with van der Waals surface area (Å²) >= 11 is 0. The lowest BCUT2D eigenvalue weighted by molar-refractivity contribution is 0.237. The Kier molecular flexibility index (Phi) is 6.01. The van der Waals surface area contributed by atoms with Crippen LogP contribution in [0.1, 0.15) is 45.7 Å². The average molecular weight is 221 g/mol. The lowest BCUT2D eigenvalue weighted by Crippen LogP contribution is -2.28. The Bertz CT molecular complexity index is 274. The number of nitrogens with zero attached hydrogens (tertiary/aromatic N) is 3. The molecule has 3 nitrogen and oxygen atoms in total. The van der Waals surface area contributed by atoms with Crippen molar-refractivity contribution in [1.29, 1.82) is 0 Å². The van der Waals surface area contributed by atoms with E-state index in [1.54, 1.807) is 12.4 Å². The van der Waals surface area contributed by atoms with E-state index in [-0.39, 0.29) is 0 Å². The molecule has 2 heterocycles. The first-order valence-electron chi connectivity index (χ1n) is 6.39. The molecule has 0 spiro atoms. The molecule has 1 aliphatic heterocycles. The predicted octanol–water partition coefficient (Wildman–Crippen LogP) is 2.88. The highest BCUT2D eigenvalue weighted by Crippen LogP contribution is 2.21. The number of likely N-dealkylation sites (tertiary alicyclic amines) is 1. The molecule has 1 fully saturated rings. The lowest BCUT2D eigenvalue weighted by atomic mass is 10.2. The maximum Gasteiger partial charge on any atom is 0.0726 e. The van der Waals surface area contributed by atoms with Crippen LogP contribution in [0, 0.1) is 0 Å². The van der Waals surface area contributed by atoms with Crippen molar-refractivity contribution in [2.75, 3.05) is 6.54 Å². The lowest BCUT2D eigenvalue weighted by Gasteiger charge is -2.22. The third-order valence-corrected chi connectivity index (χ3v) is 2.95. The van der Waals surface area contributed by atoms with Gasteiger partial charge in [0.15, 0.2) is 0 Å². The second kappa shape index (κ2) is 7.34. The summed E-state index contributed by atoms with van der Waals surface area (Å²) in [5, 5.41) is 0. The van der Waals surface area contributed by atoms with Gasteiger partial charge < -0.3 is 0 Å². The molecule has 0 amide bonds. The van der Waals surface area contributed by atoms with Crippen LogP contribution in [0.3, 0.4) is 0 Å². The maximum absolute atomic E-state index is 4.31. The molecule has 1 atom stereocenters. The number of hydrogen-bond donors (Lipinski definition) is 0. The minimum absolute atomic E-state index is 0.761. The molecule has 2 rings (SSSR count). The van der Waals surface area contributed by atoms with Gasteiger partial charge in [0.2, 0.25) is 0 Å². The van der Waals surface area contributed by atoms with Crippen molar-refractivity contribution < 1.29 is 0 Å². The Morgan fingerprint density at radius 3 is 2.81 bits per heavy atom. The zero-order chi connectivity index (χ0) is 11.8. The molecule has 1 aromatic rings. The van der Waals surface area contributed by atoms with Crippen molar-refractivity contribution >= 4 is 0 Å². The Morgan fingerprint density at radius 1 is 1.38 bits per heavy atom. The zero-order valence-corrected chi connectivity index (χ0v) is 10.7. The first-order chi connectivity index (χ1) is 7.90. The molecule has 90 valence electrons. The van der Waals surface area contributed by atoms with E-state index in [2.05, 4.69) is 21.8 Å². The monoisotopic (exact) mass is 221 g/mol. The first-order valence-corrected chi connectivity index (χ1v) is 6.39. The third-order valence-electron chi connectivity index (χ3n) is 2.95. The fraction of sp³-hybridized carbons (Fsp3) is 0.692. The van der Waals surface area contributed by atoms with Crippen LogP contribution in [-0.2, 0) is 6.54 Å². The summed E-state index contributed by atoms with van der Waals surface area (Å²) in [6.45, 7) is 8.45. The summed E-state index contributed by atoms with van der Waals surface area (Å²) in [6.07, 6.45) is 9.29. The van der Waals surface area contributed by atoms with Crippen molar-refractivity contribution in [2.45, 2.75) is 52.6 Å². The van der Waals surface area contributed by atoms with Gasteiger partial charge >= 0.3 is 0 Å². The van der Waals surface area contributed by atoms with Crippen molar-refractivity contribution in [3.8, 4) is 0 Å². The summed E-state index contributed by atoms with van der Waals surface area (Å²) in [6, 6.07) is 0.761. The van der Waals surface area contributed by atoms with Gasteiger partial charge in [-0.3, -0.25) is 14.9 Å². The standard InChI is InChI=1S/C11H17N3.C2H6/c1-2-11-4-3-7-14(11)9-10-8-12-5-6-13-10;1-2/h5-6,8,11H,2-4,7,9H2,1H3;1-2H3. The second-order valence-electron chi connectivity index (χ2n) is 3.87. The van der Waals surface area contributed by atoms with E-state index >= 15 is 0 Å². The number of aromatic nitrogens is 2. The Hall–Kier alpha value is -0.960. The molecular formula is C13H23N3. The van der Waals surface area contributed by atoms with Crippen LogP contribution in [0.15, 0.2) is 18.6 Å². The van der Waals surface area contributed by atoms with Gasteiger partial charge in [-0.15, -0.1) is 0 Å². The van der Waals surface area contributed by atoms with Gasteiger partial charge in [-0.2, -0.15) is 0 Å². The Labute approximate surface area is 98.9 Å². The highest BCUT2D eigenvalue weighted by molar-refractivity contribution is 4.96. The van der Waals surface area contributed by atoms with Gasteiger partial charge in [-0.1, -0.05) is 20.8 Å². The average Bonchev–Trinajstić information content (AvgIpc) is 2.80. The van der Waals surface area contributed by atoms with Crippen molar-refractivity contribution in [3.05, 3.63) is 24.3 Å². The minimum atomic E-state index is 0.761. The quantitative estimate of drug-likeness (QED) is 0.786. The van der Waals surface area contributed by atoms with Crippen LogP contribution in [0.25, 0.3) is 0 Å².